The minimum atomic E-state index is 0.603. The van der Waals surface area contributed by atoms with Crippen LogP contribution in [0.5, 0.6) is 0 Å². The molecule has 4 heteroatoms. The molecule has 2 heterocycles. The molecule has 3 rings (SSSR count). The van der Waals surface area contributed by atoms with Crippen molar-refractivity contribution in [3.63, 3.8) is 0 Å². The topological polar surface area (TPSA) is 54.7 Å². The summed E-state index contributed by atoms with van der Waals surface area (Å²) in [6.07, 6.45) is 0. The van der Waals surface area contributed by atoms with Gasteiger partial charge in [0.05, 0.1) is 0 Å². The average Bonchev–Trinajstić information content (AvgIpc) is 2.83. The van der Waals surface area contributed by atoms with Crippen LogP contribution in [0.3, 0.4) is 0 Å². The van der Waals surface area contributed by atoms with Crippen LogP contribution >= 0.6 is 0 Å². The molecule has 1 N–H and O–H groups in total. The molecule has 2 aromatic heterocycles. The summed E-state index contributed by atoms with van der Waals surface area (Å²) in [6, 6.07) is 8.04. The van der Waals surface area contributed by atoms with Gasteiger partial charge in [0.25, 0.3) is 0 Å². The van der Waals surface area contributed by atoms with Crippen molar-refractivity contribution >= 4 is 11.0 Å². The molecule has 0 amide bonds. The highest BCUT2D eigenvalue weighted by molar-refractivity contribution is 5.82. The van der Waals surface area contributed by atoms with Gasteiger partial charge in [-0.2, -0.15) is 5.10 Å². The second-order valence-corrected chi connectivity index (χ2v) is 3.90. The molecule has 0 aliphatic rings. The highest BCUT2D eigenvalue weighted by Gasteiger charge is 2.10. The maximum atomic E-state index is 5.68. The molecule has 0 unspecified atom stereocenters. The first-order chi connectivity index (χ1) is 7.72. The molecular weight excluding hydrogens is 202 g/mol. The van der Waals surface area contributed by atoms with Crippen LogP contribution in [-0.2, 0) is 0 Å². The maximum Gasteiger partial charge on any atom is 0.216 e. The van der Waals surface area contributed by atoms with E-state index in [4.69, 9.17) is 4.42 Å². The van der Waals surface area contributed by atoms with E-state index in [1.165, 1.54) is 5.56 Å². The summed E-state index contributed by atoms with van der Waals surface area (Å²) >= 11 is 0. The molecule has 0 saturated heterocycles. The van der Waals surface area contributed by atoms with E-state index in [1.54, 1.807) is 0 Å². The van der Waals surface area contributed by atoms with Gasteiger partial charge in [-0.05, 0) is 32.0 Å². The minimum Gasteiger partial charge on any atom is -0.453 e. The molecule has 4 nitrogen and oxygen atoms in total. The lowest BCUT2D eigenvalue weighted by atomic mass is 10.2. The molecular formula is C12H11N3O. The van der Waals surface area contributed by atoms with Gasteiger partial charge in [0.2, 0.25) is 5.82 Å². The van der Waals surface area contributed by atoms with Gasteiger partial charge in [0.15, 0.2) is 5.76 Å². The number of hydrogen-bond donors (Lipinski definition) is 1. The highest BCUT2D eigenvalue weighted by atomic mass is 16.3. The van der Waals surface area contributed by atoms with Gasteiger partial charge in [-0.1, -0.05) is 11.6 Å². The number of furan rings is 1. The van der Waals surface area contributed by atoms with E-state index in [0.29, 0.717) is 11.6 Å². The van der Waals surface area contributed by atoms with Crippen LogP contribution < -0.4 is 0 Å². The minimum absolute atomic E-state index is 0.603. The van der Waals surface area contributed by atoms with Crippen molar-refractivity contribution in [3.8, 4) is 11.6 Å². The van der Waals surface area contributed by atoms with Gasteiger partial charge in [-0.25, -0.2) is 4.98 Å². The van der Waals surface area contributed by atoms with E-state index in [1.807, 2.05) is 25.1 Å². The Morgan fingerprint density at radius 2 is 2.06 bits per heavy atom. The van der Waals surface area contributed by atoms with Gasteiger partial charge in [0, 0.05) is 5.39 Å². The predicted molar refractivity (Wildman–Crippen MR) is 61.1 cm³/mol. The number of aryl methyl sites for hydroxylation is 2. The number of hydrogen-bond acceptors (Lipinski definition) is 3. The third kappa shape index (κ3) is 1.39. The summed E-state index contributed by atoms with van der Waals surface area (Å²) in [5.41, 5.74) is 2.08. The molecule has 0 saturated carbocycles. The van der Waals surface area contributed by atoms with Crippen molar-refractivity contribution < 1.29 is 4.42 Å². The first-order valence-electron chi connectivity index (χ1n) is 5.12. The van der Waals surface area contributed by atoms with E-state index in [0.717, 1.165) is 16.8 Å². The van der Waals surface area contributed by atoms with E-state index in [-0.39, 0.29) is 0 Å². The van der Waals surface area contributed by atoms with Crippen LogP contribution in [0.1, 0.15) is 11.4 Å². The molecule has 0 bridgehead atoms. The number of benzene rings is 1. The largest absolute Gasteiger partial charge is 0.453 e. The monoisotopic (exact) mass is 213 g/mol. The average molecular weight is 213 g/mol. The Bertz CT molecular complexity index is 651. The summed E-state index contributed by atoms with van der Waals surface area (Å²) in [5, 5.41) is 7.96. The molecule has 0 radical (unpaired) electrons. The van der Waals surface area contributed by atoms with Crippen molar-refractivity contribution in [2.75, 3.05) is 0 Å². The number of aromatic nitrogens is 3. The SMILES string of the molecule is Cc1ccc2oc(-c3n[nH]c(C)n3)cc2c1. The zero-order valence-electron chi connectivity index (χ0n) is 9.11. The Balaban J connectivity index is 2.18. The quantitative estimate of drug-likeness (QED) is 0.676. The van der Waals surface area contributed by atoms with E-state index in [2.05, 4.69) is 28.2 Å². The fraction of sp³-hybridized carbons (Fsp3) is 0.167. The van der Waals surface area contributed by atoms with Crippen LogP contribution in [0.4, 0.5) is 0 Å². The summed E-state index contributed by atoms with van der Waals surface area (Å²) in [5.74, 6) is 2.09. The number of H-pyrrole nitrogens is 1. The van der Waals surface area contributed by atoms with Gasteiger partial charge in [-0.3, -0.25) is 5.10 Å². The zero-order valence-corrected chi connectivity index (χ0v) is 9.11. The van der Waals surface area contributed by atoms with Crippen LogP contribution in [0.2, 0.25) is 0 Å². The molecule has 1 aromatic carbocycles. The summed E-state index contributed by atoms with van der Waals surface area (Å²) in [4.78, 5) is 4.24. The van der Waals surface area contributed by atoms with Crippen molar-refractivity contribution in [1.82, 2.24) is 15.2 Å². The number of fused-ring (bicyclic) bond motifs is 1. The fourth-order valence-electron chi connectivity index (χ4n) is 1.73. The molecule has 0 spiro atoms. The Morgan fingerprint density at radius 1 is 1.19 bits per heavy atom. The lowest BCUT2D eigenvalue weighted by Gasteiger charge is -1.89. The van der Waals surface area contributed by atoms with Crippen LogP contribution in [0.15, 0.2) is 28.7 Å². The summed E-state index contributed by atoms with van der Waals surface area (Å²) in [7, 11) is 0. The molecule has 0 aliphatic carbocycles. The molecule has 3 aromatic rings. The van der Waals surface area contributed by atoms with Gasteiger partial charge >= 0.3 is 0 Å². The summed E-state index contributed by atoms with van der Waals surface area (Å²) < 4.78 is 5.68. The van der Waals surface area contributed by atoms with Crippen molar-refractivity contribution in [1.29, 1.82) is 0 Å². The lowest BCUT2D eigenvalue weighted by molar-refractivity contribution is 0.625. The fourth-order valence-corrected chi connectivity index (χ4v) is 1.73. The normalized spacial score (nSPS) is 11.1. The van der Waals surface area contributed by atoms with Crippen LogP contribution in [0.25, 0.3) is 22.6 Å². The zero-order chi connectivity index (χ0) is 11.1. The van der Waals surface area contributed by atoms with E-state index in [9.17, 15) is 0 Å². The number of nitrogens with one attached hydrogen (secondary N) is 1. The number of nitrogens with zero attached hydrogens (tertiary/aromatic N) is 2. The summed E-state index contributed by atoms with van der Waals surface area (Å²) in [6.45, 7) is 3.92. The van der Waals surface area contributed by atoms with Gasteiger partial charge in [-0.15, -0.1) is 0 Å². The van der Waals surface area contributed by atoms with Crippen LogP contribution in [0, 0.1) is 13.8 Å². The third-order valence-electron chi connectivity index (χ3n) is 2.49. The van der Waals surface area contributed by atoms with Crippen molar-refractivity contribution in [3.05, 3.63) is 35.7 Å². The molecule has 80 valence electrons. The Labute approximate surface area is 92.3 Å². The second-order valence-electron chi connectivity index (χ2n) is 3.90. The maximum absolute atomic E-state index is 5.68. The van der Waals surface area contributed by atoms with Gasteiger partial charge in [0.1, 0.15) is 11.4 Å². The van der Waals surface area contributed by atoms with Crippen LogP contribution in [-0.4, -0.2) is 15.2 Å². The standard InChI is InChI=1S/C12H11N3O/c1-7-3-4-10-9(5-7)6-11(16-10)12-13-8(2)14-15-12/h3-6H,1-2H3,(H,13,14,15). The van der Waals surface area contributed by atoms with Crippen molar-refractivity contribution in [2.24, 2.45) is 0 Å². The Morgan fingerprint density at radius 3 is 2.81 bits per heavy atom. The third-order valence-corrected chi connectivity index (χ3v) is 2.49. The predicted octanol–water partition coefficient (Wildman–Crippen LogP) is 2.83. The number of rotatable bonds is 1. The number of aromatic amines is 1. The van der Waals surface area contributed by atoms with Gasteiger partial charge < -0.3 is 4.42 Å². The smallest absolute Gasteiger partial charge is 0.216 e. The Kier molecular flexibility index (Phi) is 1.83. The van der Waals surface area contributed by atoms with E-state index < -0.39 is 0 Å². The molecule has 0 fully saturated rings. The molecule has 0 aliphatic heterocycles. The second kappa shape index (κ2) is 3.20. The van der Waals surface area contributed by atoms with E-state index >= 15 is 0 Å². The molecule has 0 atom stereocenters. The lowest BCUT2D eigenvalue weighted by Crippen LogP contribution is -1.75. The first kappa shape index (κ1) is 9.15. The Hall–Kier alpha value is -2.10. The molecule has 16 heavy (non-hydrogen) atoms. The van der Waals surface area contributed by atoms with Crippen molar-refractivity contribution in [2.45, 2.75) is 13.8 Å². The first-order valence-corrected chi connectivity index (χ1v) is 5.12. The highest BCUT2D eigenvalue weighted by Crippen LogP contribution is 2.26.